The molecule has 0 spiro atoms. The smallest absolute Gasteiger partial charge is 0.0877 e. The van der Waals surface area contributed by atoms with E-state index in [2.05, 4.69) is 35.1 Å². The van der Waals surface area contributed by atoms with Crippen molar-refractivity contribution in [1.29, 1.82) is 0 Å². The van der Waals surface area contributed by atoms with Crippen molar-refractivity contribution < 1.29 is 40.4 Å². The summed E-state index contributed by atoms with van der Waals surface area (Å²) in [7, 11) is 0. The molecule has 0 aliphatic rings. The summed E-state index contributed by atoms with van der Waals surface area (Å²) in [6.45, 7) is 4.13. The van der Waals surface area contributed by atoms with Gasteiger partial charge in [0.05, 0.1) is 6.61 Å². The first kappa shape index (κ1) is 11.7. The number of hydrogen-bond acceptors (Lipinski definition) is 8. The third kappa shape index (κ3) is 9.68. The predicted molar refractivity (Wildman–Crippen MR) is 29.9 cm³/mol. The highest BCUT2D eigenvalue weighted by Gasteiger charge is 1.96. The second-order valence-electron chi connectivity index (χ2n) is 2.09. The normalized spacial score (nSPS) is 11.0. The second kappa shape index (κ2) is 8.77. The highest BCUT2D eigenvalue weighted by atomic mass is 17.9. The van der Waals surface area contributed by atoms with Gasteiger partial charge in [-0.3, -0.25) is 0 Å². The average molecular weight is 186 g/mol. The first-order valence-electron chi connectivity index (χ1n) is 3.03. The molecule has 0 atom stereocenters. The zero-order valence-corrected chi connectivity index (χ0v) is 6.59. The summed E-state index contributed by atoms with van der Waals surface area (Å²) >= 11 is 0. The molecule has 0 aromatic heterocycles. The van der Waals surface area contributed by atoms with Crippen LogP contribution >= 0.6 is 0 Å². The largest absolute Gasteiger partial charge is 0.219 e. The van der Waals surface area contributed by atoms with Gasteiger partial charge in [0.1, 0.15) is 0 Å². The fraction of sp³-hybridized carbons (Fsp3) is 1.00. The lowest BCUT2D eigenvalue weighted by atomic mass is 10.2. The van der Waals surface area contributed by atoms with Gasteiger partial charge in [0.15, 0.2) is 0 Å². The molecule has 0 saturated heterocycles. The summed E-state index contributed by atoms with van der Waals surface area (Å²) in [6.07, 6.45) is 0. The average Bonchev–Trinajstić information content (AvgIpc) is 2.02. The zero-order chi connectivity index (χ0) is 9.23. The molecule has 74 valence electrons. The minimum Gasteiger partial charge on any atom is -0.219 e. The summed E-state index contributed by atoms with van der Waals surface area (Å²) in [6, 6.07) is 0. The molecule has 0 aliphatic carbocycles. The maximum atomic E-state index is 7.49. The Morgan fingerprint density at radius 1 is 1.00 bits per heavy atom. The first-order valence-corrected chi connectivity index (χ1v) is 3.03. The predicted octanol–water partition coefficient (Wildman–Crippen LogP) is 0.722. The quantitative estimate of drug-likeness (QED) is 0.337. The van der Waals surface area contributed by atoms with Crippen LogP contribution in [-0.4, -0.2) is 11.9 Å². The van der Waals surface area contributed by atoms with E-state index in [1.807, 2.05) is 13.8 Å². The molecule has 0 saturated carbocycles. The molecule has 12 heavy (non-hydrogen) atoms. The summed E-state index contributed by atoms with van der Waals surface area (Å²) in [5.41, 5.74) is 0. The Kier molecular flexibility index (Phi) is 8.54. The Hall–Kier alpha value is -0.320. The van der Waals surface area contributed by atoms with Crippen LogP contribution < -0.4 is 0 Å². The topological polar surface area (TPSA) is 84.8 Å². The van der Waals surface area contributed by atoms with Crippen LogP contribution in [0.25, 0.3) is 0 Å². The molecule has 0 amide bonds. The Balaban J connectivity index is 2.82. The van der Waals surface area contributed by atoms with E-state index in [0.29, 0.717) is 6.61 Å². The fourth-order valence-electron chi connectivity index (χ4n) is 0.230. The lowest BCUT2D eigenvalue weighted by Gasteiger charge is -2.01. The van der Waals surface area contributed by atoms with Gasteiger partial charge in [-0.1, -0.05) is 13.8 Å². The van der Waals surface area contributed by atoms with Gasteiger partial charge in [0.2, 0.25) is 0 Å². The lowest BCUT2D eigenvalue weighted by molar-refractivity contribution is -0.812. The van der Waals surface area contributed by atoms with Gasteiger partial charge in [-0.15, -0.1) is 0 Å². The lowest BCUT2D eigenvalue weighted by Crippen LogP contribution is -2.05. The van der Waals surface area contributed by atoms with Crippen molar-refractivity contribution in [2.75, 3.05) is 6.61 Å². The van der Waals surface area contributed by atoms with Gasteiger partial charge in [0, 0.05) is 0 Å². The van der Waals surface area contributed by atoms with Gasteiger partial charge in [-0.25, -0.2) is 10.1 Å². The molecular formula is C4H10O8. The van der Waals surface area contributed by atoms with Gasteiger partial charge in [0.25, 0.3) is 0 Å². The van der Waals surface area contributed by atoms with E-state index in [-0.39, 0.29) is 5.92 Å². The Morgan fingerprint density at radius 3 is 2.17 bits per heavy atom. The van der Waals surface area contributed by atoms with Gasteiger partial charge in [-0.2, -0.15) is 0 Å². The van der Waals surface area contributed by atoms with Crippen LogP contribution in [0.3, 0.4) is 0 Å². The van der Waals surface area contributed by atoms with Crippen molar-refractivity contribution in [3.63, 3.8) is 0 Å². The molecule has 0 fully saturated rings. The molecule has 0 heterocycles. The Morgan fingerprint density at radius 2 is 1.58 bits per heavy atom. The molecular weight excluding hydrogens is 176 g/mol. The summed E-state index contributed by atoms with van der Waals surface area (Å²) in [4.78, 5) is 4.39. The van der Waals surface area contributed by atoms with Crippen molar-refractivity contribution >= 4 is 0 Å². The van der Waals surface area contributed by atoms with Crippen molar-refractivity contribution in [3.8, 4) is 0 Å². The standard InChI is InChI=1S/C4H10O8/c1-4(2)3-6-8-10-12-11-9-7-5/h4-5H,3H2,1-2H3. The fourth-order valence-corrected chi connectivity index (χ4v) is 0.230. The van der Waals surface area contributed by atoms with Crippen molar-refractivity contribution in [2.45, 2.75) is 13.8 Å². The van der Waals surface area contributed by atoms with E-state index in [9.17, 15) is 0 Å². The highest BCUT2D eigenvalue weighted by Crippen LogP contribution is 1.94. The van der Waals surface area contributed by atoms with Crippen molar-refractivity contribution in [3.05, 3.63) is 0 Å². The maximum Gasteiger partial charge on any atom is 0.0877 e. The molecule has 8 nitrogen and oxygen atoms in total. The molecule has 8 heteroatoms. The Bertz CT molecular complexity index is 85.1. The van der Waals surface area contributed by atoms with Crippen LogP contribution in [-0.2, 0) is 35.1 Å². The molecule has 0 radical (unpaired) electrons. The highest BCUT2D eigenvalue weighted by molar-refractivity contribution is 4.34. The van der Waals surface area contributed by atoms with Gasteiger partial charge >= 0.3 is 0 Å². The van der Waals surface area contributed by atoms with E-state index in [4.69, 9.17) is 5.26 Å². The maximum absolute atomic E-state index is 7.49. The van der Waals surface area contributed by atoms with Crippen LogP contribution in [0.15, 0.2) is 0 Å². The van der Waals surface area contributed by atoms with Crippen LogP contribution in [0.5, 0.6) is 0 Å². The Labute approximate surface area is 67.9 Å². The third-order valence-corrected chi connectivity index (χ3v) is 0.591. The van der Waals surface area contributed by atoms with Gasteiger partial charge < -0.3 is 0 Å². The molecule has 0 rings (SSSR count). The molecule has 0 aromatic rings. The zero-order valence-electron chi connectivity index (χ0n) is 6.59. The van der Waals surface area contributed by atoms with Crippen LogP contribution in [0.4, 0.5) is 0 Å². The summed E-state index contributed by atoms with van der Waals surface area (Å²) in [5.74, 6) is 0.284. The van der Waals surface area contributed by atoms with E-state index in [1.54, 1.807) is 0 Å². The molecule has 0 aliphatic heterocycles. The van der Waals surface area contributed by atoms with Crippen LogP contribution in [0.1, 0.15) is 13.8 Å². The monoisotopic (exact) mass is 186 g/mol. The number of rotatable bonds is 8. The summed E-state index contributed by atoms with van der Waals surface area (Å²) < 4.78 is 0. The minimum absolute atomic E-state index is 0.284. The summed E-state index contributed by atoms with van der Waals surface area (Å²) in [5, 5.41) is 28.5. The third-order valence-electron chi connectivity index (χ3n) is 0.591. The van der Waals surface area contributed by atoms with E-state index >= 15 is 0 Å². The van der Waals surface area contributed by atoms with Crippen molar-refractivity contribution in [2.24, 2.45) is 5.92 Å². The molecule has 1 N–H and O–H groups in total. The van der Waals surface area contributed by atoms with E-state index < -0.39 is 0 Å². The minimum atomic E-state index is 0.284. The molecule has 0 aromatic carbocycles. The number of hydrogen-bond donors (Lipinski definition) is 1. The van der Waals surface area contributed by atoms with Crippen molar-refractivity contribution in [1.82, 2.24) is 0 Å². The van der Waals surface area contributed by atoms with Crippen LogP contribution in [0.2, 0.25) is 0 Å². The van der Waals surface area contributed by atoms with E-state index in [1.165, 1.54) is 0 Å². The SMILES string of the molecule is CC(C)COOOOOOOO. The molecule has 0 bridgehead atoms. The first-order chi connectivity index (χ1) is 5.77. The van der Waals surface area contributed by atoms with Gasteiger partial charge in [-0.05, 0) is 36.1 Å². The van der Waals surface area contributed by atoms with E-state index in [0.717, 1.165) is 0 Å². The molecule has 0 unspecified atom stereocenters. The van der Waals surface area contributed by atoms with Crippen LogP contribution in [0, 0.1) is 5.92 Å². The second-order valence-corrected chi connectivity index (χ2v) is 2.09.